The average Bonchev–Trinajstić information content (AvgIpc) is 3.34. The molecule has 4 aromatic rings. The zero-order chi connectivity index (χ0) is 26.2. The molecule has 0 aliphatic rings. The number of carbonyl (C=O) groups is 1. The molecule has 0 bridgehead atoms. The van der Waals surface area contributed by atoms with Crippen LogP contribution >= 0.6 is 11.8 Å². The number of rotatable bonds is 10. The highest BCUT2D eigenvalue weighted by Gasteiger charge is 2.17. The van der Waals surface area contributed by atoms with E-state index in [0.717, 1.165) is 22.6 Å². The van der Waals surface area contributed by atoms with Crippen molar-refractivity contribution in [2.45, 2.75) is 19.0 Å². The number of aromatic nitrogens is 3. The molecular formula is C27H27N5O4S. The SMILES string of the molecule is CCOc1cc(/C=N\NC(=O)CSc2nnc(-c3ccc(OC)cc3)n2-c2ccc(C)cc2)ccc1O. The van der Waals surface area contributed by atoms with Gasteiger partial charge in [-0.3, -0.25) is 9.36 Å². The van der Waals surface area contributed by atoms with E-state index < -0.39 is 0 Å². The summed E-state index contributed by atoms with van der Waals surface area (Å²) in [7, 11) is 1.62. The van der Waals surface area contributed by atoms with E-state index in [-0.39, 0.29) is 17.4 Å². The van der Waals surface area contributed by atoms with E-state index in [9.17, 15) is 9.90 Å². The smallest absolute Gasteiger partial charge is 0.250 e. The van der Waals surface area contributed by atoms with Gasteiger partial charge in [-0.05, 0) is 74.0 Å². The molecule has 190 valence electrons. The van der Waals surface area contributed by atoms with Gasteiger partial charge in [-0.15, -0.1) is 10.2 Å². The number of phenolic OH excluding ortho intramolecular Hbond substituents is 1. The lowest BCUT2D eigenvalue weighted by Crippen LogP contribution is -2.20. The van der Waals surface area contributed by atoms with Crippen molar-refractivity contribution in [3.63, 3.8) is 0 Å². The quantitative estimate of drug-likeness (QED) is 0.180. The summed E-state index contributed by atoms with van der Waals surface area (Å²) in [5.41, 5.74) is 6.09. The van der Waals surface area contributed by atoms with Crippen LogP contribution in [0.3, 0.4) is 0 Å². The molecule has 37 heavy (non-hydrogen) atoms. The molecule has 1 heterocycles. The lowest BCUT2D eigenvalue weighted by Gasteiger charge is -2.11. The zero-order valence-corrected chi connectivity index (χ0v) is 21.5. The number of amides is 1. The fraction of sp³-hybridized carbons (Fsp3) is 0.185. The monoisotopic (exact) mass is 517 g/mol. The van der Waals surface area contributed by atoms with E-state index in [2.05, 4.69) is 20.7 Å². The number of nitrogens with one attached hydrogen (secondary N) is 1. The Kier molecular flexibility index (Phi) is 8.42. The van der Waals surface area contributed by atoms with Gasteiger partial charge < -0.3 is 14.6 Å². The number of thioether (sulfide) groups is 1. The number of hydrogen-bond acceptors (Lipinski definition) is 8. The Morgan fingerprint density at radius 2 is 1.86 bits per heavy atom. The van der Waals surface area contributed by atoms with Gasteiger partial charge >= 0.3 is 0 Å². The number of carbonyl (C=O) groups excluding carboxylic acids is 1. The molecule has 0 radical (unpaired) electrons. The van der Waals surface area contributed by atoms with Crippen LogP contribution in [0.25, 0.3) is 17.1 Å². The predicted octanol–water partition coefficient (Wildman–Crippen LogP) is 4.60. The van der Waals surface area contributed by atoms with Gasteiger partial charge in [0.2, 0.25) is 0 Å². The maximum atomic E-state index is 12.5. The fourth-order valence-electron chi connectivity index (χ4n) is 3.44. The molecule has 0 aliphatic carbocycles. The number of benzene rings is 3. The molecule has 2 N–H and O–H groups in total. The van der Waals surface area contributed by atoms with Crippen LogP contribution in [0.5, 0.6) is 17.2 Å². The first-order chi connectivity index (χ1) is 18.0. The first kappa shape index (κ1) is 25.8. The van der Waals surface area contributed by atoms with Gasteiger partial charge in [0.1, 0.15) is 5.75 Å². The molecule has 3 aromatic carbocycles. The Hall–Kier alpha value is -4.31. The highest BCUT2D eigenvalue weighted by atomic mass is 32.2. The lowest BCUT2D eigenvalue weighted by molar-refractivity contribution is -0.118. The van der Waals surface area contributed by atoms with Crippen LogP contribution in [-0.2, 0) is 4.79 Å². The molecule has 0 aliphatic heterocycles. The Morgan fingerprint density at radius 3 is 2.57 bits per heavy atom. The number of hydrazone groups is 1. The Morgan fingerprint density at radius 1 is 1.11 bits per heavy atom. The van der Waals surface area contributed by atoms with Crippen molar-refractivity contribution < 1.29 is 19.4 Å². The Bertz CT molecular complexity index is 1390. The van der Waals surface area contributed by atoms with E-state index in [0.29, 0.717) is 28.9 Å². The van der Waals surface area contributed by atoms with Gasteiger partial charge in [-0.2, -0.15) is 5.10 Å². The number of nitrogens with zero attached hydrogens (tertiary/aromatic N) is 4. The first-order valence-corrected chi connectivity index (χ1v) is 12.5. The number of aromatic hydroxyl groups is 1. The van der Waals surface area contributed by atoms with E-state index in [4.69, 9.17) is 9.47 Å². The summed E-state index contributed by atoms with van der Waals surface area (Å²) in [5, 5.41) is 23.2. The molecule has 9 nitrogen and oxygen atoms in total. The van der Waals surface area contributed by atoms with Crippen molar-refractivity contribution in [1.29, 1.82) is 0 Å². The third kappa shape index (κ3) is 6.47. The van der Waals surface area contributed by atoms with Crippen molar-refractivity contribution in [3.05, 3.63) is 77.9 Å². The van der Waals surface area contributed by atoms with Crippen molar-refractivity contribution in [1.82, 2.24) is 20.2 Å². The number of methoxy groups -OCH3 is 1. The van der Waals surface area contributed by atoms with Crippen LogP contribution in [0, 0.1) is 6.92 Å². The summed E-state index contributed by atoms with van der Waals surface area (Å²) < 4.78 is 12.6. The minimum absolute atomic E-state index is 0.0473. The lowest BCUT2D eigenvalue weighted by atomic mass is 10.2. The van der Waals surface area contributed by atoms with Crippen molar-refractivity contribution in [2.24, 2.45) is 5.10 Å². The molecule has 1 aromatic heterocycles. The normalized spacial score (nSPS) is 11.0. The van der Waals surface area contributed by atoms with Crippen LogP contribution in [-0.4, -0.2) is 51.5 Å². The summed E-state index contributed by atoms with van der Waals surface area (Å²) in [6.07, 6.45) is 1.49. The number of hydrogen-bond donors (Lipinski definition) is 2. The number of aryl methyl sites for hydroxylation is 1. The standard InChI is InChI=1S/C27H27N5O4S/c1-4-36-24-15-19(7-14-23(24)33)16-28-29-25(34)17-37-27-31-30-26(20-8-12-22(35-3)13-9-20)32(27)21-10-5-18(2)6-11-21/h5-16,33H,4,17H2,1-3H3,(H,29,34)/b28-16-. The third-order valence-corrected chi connectivity index (χ3v) is 6.22. The van der Waals surface area contributed by atoms with Crippen molar-refractivity contribution in [2.75, 3.05) is 19.5 Å². The molecule has 0 unspecified atom stereocenters. The maximum absolute atomic E-state index is 12.5. The largest absolute Gasteiger partial charge is 0.504 e. The minimum Gasteiger partial charge on any atom is -0.504 e. The summed E-state index contributed by atoms with van der Waals surface area (Å²) in [6.45, 7) is 4.28. The van der Waals surface area contributed by atoms with Crippen molar-refractivity contribution in [3.8, 4) is 34.3 Å². The molecule has 0 saturated carbocycles. The number of ether oxygens (including phenoxy) is 2. The van der Waals surface area contributed by atoms with Gasteiger partial charge in [0.15, 0.2) is 22.5 Å². The summed E-state index contributed by atoms with van der Waals surface area (Å²) in [4.78, 5) is 12.5. The first-order valence-electron chi connectivity index (χ1n) is 11.6. The molecular weight excluding hydrogens is 490 g/mol. The van der Waals surface area contributed by atoms with Gasteiger partial charge in [0.25, 0.3) is 5.91 Å². The second-order valence-electron chi connectivity index (χ2n) is 7.95. The fourth-order valence-corrected chi connectivity index (χ4v) is 4.18. The Labute approximate surface area is 219 Å². The highest BCUT2D eigenvalue weighted by molar-refractivity contribution is 7.99. The second-order valence-corrected chi connectivity index (χ2v) is 8.89. The van der Waals surface area contributed by atoms with Gasteiger partial charge in [-0.1, -0.05) is 29.5 Å². The average molecular weight is 518 g/mol. The van der Waals surface area contributed by atoms with Crippen LogP contribution in [0.4, 0.5) is 0 Å². The molecule has 0 fully saturated rings. The van der Waals surface area contributed by atoms with Gasteiger partial charge in [-0.25, -0.2) is 5.43 Å². The molecule has 4 rings (SSSR count). The summed E-state index contributed by atoms with van der Waals surface area (Å²) in [5.74, 6) is 1.60. The molecule has 1 amide bonds. The molecule has 0 spiro atoms. The van der Waals surface area contributed by atoms with Crippen LogP contribution in [0.2, 0.25) is 0 Å². The third-order valence-electron chi connectivity index (χ3n) is 5.29. The van der Waals surface area contributed by atoms with Crippen LogP contribution < -0.4 is 14.9 Å². The molecule has 0 saturated heterocycles. The molecule has 0 atom stereocenters. The second kappa shape index (κ2) is 12.1. The van der Waals surface area contributed by atoms with E-state index in [1.54, 1.807) is 19.2 Å². The van der Waals surface area contributed by atoms with Gasteiger partial charge in [0, 0.05) is 11.3 Å². The van der Waals surface area contributed by atoms with Gasteiger partial charge in [0.05, 0.1) is 25.7 Å². The topological polar surface area (TPSA) is 111 Å². The summed E-state index contributed by atoms with van der Waals surface area (Å²) >= 11 is 1.26. The predicted molar refractivity (Wildman–Crippen MR) is 144 cm³/mol. The van der Waals surface area contributed by atoms with Crippen LogP contribution in [0.15, 0.2) is 77.0 Å². The molecule has 10 heteroatoms. The van der Waals surface area contributed by atoms with E-state index in [1.807, 2.05) is 66.9 Å². The number of phenols is 1. The summed E-state index contributed by atoms with van der Waals surface area (Å²) in [6, 6.07) is 20.4. The minimum atomic E-state index is -0.297. The maximum Gasteiger partial charge on any atom is 0.250 e. The van der Waals surface area contributed by atoms with E-state index in [1.165, 1.54) is 24.0 Å². The Balaban J connectivity index is 1.48. The van der Waals surface area contributed by atoms with E-state index >= 15 is 0 Å². The zero-order valence-electron chi connectivity index (χ0n) is 20.7. The van der Waals surface area contributed by atoms with Crippen LogP contribution in [0.1, 0.15) is 18.1 Å². The van der Waals surface area contributed by atoms with Crippen molar-refractivity contribution >= 4 is 23.9 Å². The highest BCUT2D eigenvalue weighted by Crippen LogP contribution is 2.29.